The lowest BCUT2D eigenvalue weighted by Crippen LogP contribution is -2.40. The molecule has 1 N–H and O–H groups in total. The van der Waals surface area contributed by atoms with Gasteiger partial charge in [0.1, 0.15) is 6.54 Å². The van der Waals surface area contributed by atoms with E-state index in [1.54, 1.807) is 0 Å². The zero-order chi connectivity index (χ0) is 17.4. The Kier molecular flexibility index (Phi) is 6.37. The largest absolute Gasteiger partial charge is 0.405 e. The van der Waals surface area contributed by atoms with E-state index in [0.717, 1.165) is 11.1 Å². The summed E-state index contributed by atoms with van der Waals surface area (Å²) in [4.78, 5) is 13.6. The van der Waals surface area contributed by atoms with Gasteiger partial charge in [-0.3, -0.25) is 9.69 Å². The number of carbonyl (C=O) groups excluding carboxylic acids is 1. The number of hydrogen-bond donors (Lipinski definition) is 1. The Balaban J connectivity index is 2.00. The zero-order valence-electron chi connectivity index (χ0n) is 13.1. The Labute approximate surface area is 139 Å². The quantitative estimate of drug-likeness (QED) is 0.841. The van der Waals surface area contributed by atoms with E-state index in [1.165, 1.54) is 0 Å². The summed E-state index contributed by atoms with van der Waals surface area (Å²) in [5, 5.41) is 1.92. The summed E-state index contributed by atoms with van der Waals surface area (Å²) in [7, 11) is 0. The van der Waals surface area contributed by atoms with E-state index in [4.69, 9.17) is 0 Å². The second-order valence-corrected chi connectivity index (χ2v) is 5.51. The molecular weight excluding hydrogens is 317 g/mol. The minimum Gasteiger partial charge on any atom is -0.346 e. The minimum atomic E-state index is -4.40. The molecule has 24 heavy (non-hydrogen) atoms. The minimum absolute atomic E-state index is 0.0974. The molecule has 128 valence electrons. The van der Waals surface area contributed by atoms with Crippen molar-refractivity contribution in [3.8, 4) is 0 Å². The van der Waals surface area contributed by atoms with Crippen LogP contribution in [0, 0.1) is 0 Å². The van der Waals surface area contributed by atoms with Crippen molar-refractivity contribution >= 4 is 5.91 Å². The lowest BCUT2D eigenvalue weighted by Gasteiger charge is -2.22. The van der Waals surface area contributed by atoms with Gasteiger partial charge in [-0.2, -0.15) is 13.2 Å². The number of benzene rings is 2. The molecule has 0 saturated heterocycles. The molecule has 0 spiro atoms. The predicted octanol–water partition coefficient (Wildman–Crippen LogP) is 3.37. The van der Waals surface area contributed by atoms with Gasteiger partial charge in [-0.25, -0.2) is 0 Å². The molecule has 2 aromatic carbocycles. The van der Waals surface area contributed by atoms with Crippen LogP contribution in [0.4, 0.5) is 13.2 Å². The fraction of sp³-hybridized carbons (Fsp3) is 0.278. The van der Waals surface area contributed by atoms with Crippen LogP contribution >= 0.6 is 0 Å². The molecule has 0 aliphatic heterocycles. The first kappa shape index (κ1) is 18.0. The highest BCUT2D eigenvalue weighted by Gasteiger charge is 2.28. The molecule has 1 amide bonds. The molecule has 0 atom stereocenters. The van der Waals surface area contributed by atoms with E-state index in [9.17, 15) is 18.0 Å². The van der Waals surface area contributed by atoms with Crippen molar-refractivity contribution in [1.82, 2.24) is 10.2 Å². The third kappa shape index (κ3) is 6.83. The molecule has 0 aromatic heterocycles. The van der Waals surface area contributed by atoms with Crippen molar-refractivity contribution in [1.29, 1.82) is 0 Å². The van der Waals surface area contributed by atoms with Crippen LogP contribution in [0.1, 0.15) is 11.1 Å². The number of amides is 1. The summed E-state index contributed by atoms with van der Waals surface area (Å²) in [6, 6.07) is 19.0. The second kappa shape index (κ2) is 8.49. The first-order chi connectivity index (χ1) is 11.4. The molecule has 0 aliphatic rings. The third-order valence-electron chi connectivity index (χ3n) is 3.35. The number of nitrogens with zero attached hydrogens (tertiary/aromatic N) is 1. The SMILES string of the molecule is O=C(CN(Cc1ccccc1)Cc1ccccc1)NCC(F)(F)F. The molecule has 0 fully saturated rings. The Morgan fingerprint density at radius 3 is 1.75 bits per heavy atom. The average Bonchev–Trinajstić information content (AvgIpc) is 2.54. The number of nitrogens with one attached hydrogen (secondary N) is 1. The molecule has 0 saturated carbocycles. The maximum Gasteiger partial charge on any atom is 0.405 e. The third-order valence-corrected chi connectivity index (χ3v) is 3.35. The number of rotatable bonds is 7. The highest BCUT2D eigenvalue weighted by molar-refractivity contribution is 5.78. The smallest absolute Gasteiger partial charge is 0.346 e. The average molecular weight is 336 g/mol. The van der Waals surface area contributed by atoms with E-state index in [1.807, 2.05) is 70.9 Å². The summed E-state index contributed by atoms with van der Waals surface area (Å²) < 4.78 is 36.7. The van der Waals surface area contributed by atoms with Gasteiger partial charge in [0.2, 0.25) is 5.91 Å². The highest BCUT2D eigenvalue weighted by Crippen LogP contribution is 2.13. The van der Waals surface area contributed by atoms with Crippen molar-refractivity contribution in [3.63, 3.8) is 0 Å². The standard InChI is InChI=1S/C18H19F3N2O/c19-18(20,21)14-22-17(24)13-23(11-15-7-3-1-4-8-15)12-16-9-5-2-6-10-16/h1-10H,11-14H2,(H,22,24). The monoisotopic (exact) mass is 336 g/mol. The van der Waals surface area contributed by atoms with Crippen LogP contribution in [0.3, 0.4) is 0 Å². The van der Waals surface area contributed by atoms with E-state index >= 15 is 0 Å². The van der Waals surface area contributed by atoms with Crippen LogP contribution in [0.2, 0.25) is 0 Å². The Hall–Kier alpha value is -2.34. The summed E-state index contributed by atoms with van der Waals surface area (Å²) in [6.07, 6.45) is -4.40. The predicted molar refractivity (Wildman–Crippen MR) is 86.1 cm³/mol. The van der Waals surface area contributed by atoms with Gasteiger partial charge in [0.25, 0.3) is 0 Å². The van der Waals surface area contributed by atoms with E-state index < -0.39 is 18.6 Å². The second-order valence-electron chi connectivity index (χ2n) is 5.51. The Bertz CT molecular complexity index is 588. The van der Waals surface area contributed by atoms with Crippen LogP contribution in [0.15, 0.2) is 60.7 Å². The maximum atomic E-state index is 12.2. The number of alkyl halides is 3. The molecule has 2 aromatic rings. The first-order valence-electron chi connectivity index (χ1n) is 7.56. The van der Waals surface area contributed by atoms with Crippen LogP contribution in [0.5, 0.6) is 0 Å². The molecule has 3 nitrogen and oxygen atoms in total. The normalized spacial score (nSPS) is 11.5. The summed E-state index contributed by atoms with van der Waals surface area (Å²) in [5.41, 5.74) is 1.99. The molecule has 0 bridgehead atoms. The molecule has 0 unspecified atom stereocenters. The fourth-order valence-corrected chi connectivity index (χ4v) is 2.31. The van der Waals surface area contributed by atoms with Gasteiger partial charge in [0.05, 0.1) is 6.54 Å². The molecule has 0 heterocycles. The number of hydrogen-bond acceptors (Lipinski definition) is 2. The molecule has 6 heteroatoms. The molecule has 0 aliphatic carbocycles. The summed E-state index contributed by atoms with van der Waals surface area (Å²) in [6.45, 7) is -0.444. The van der Waals surface area contributed by atoms with Gasteiger partial charge in [-0.1, -0.05) is 60.7 Å². The maximum absolute atomic E-state index is 12.2. The Morgan fingerprint density at radius 1 is 0.875 bits per heavy atom. The van der Waals surface area contributed by atoms with Gasteiger partial charge < -0.3 is 5.32 Å². The van der Waals surface area contributed by atoms with Crippen molar-refractivity contribution in [2.75, 3.05) is 13.1 Å². The van der Waals surface area contributed by atoms with Crippen molar-refractivity contribution < 1.29 is 18.0 Å². The van der Waals surface area contributed by atoms with Crippen LogP contribution in [0.25, 0.3) is 0 Å². The summed E-state index contributed by atoms with van der Waals surface area (Å²) >= 11 is 0. The lowest BCUT2D eigenvalue weighted by atomic mass is 10.1. The van der Waals surface area contributed by atoms with E-state index in [2.05, 4.69) is 0 Å². The van der Waals surface area contributed by atoms with Gasteiger partial charge in [0, 0.05) is 13.1 Å². The van der Waals surface area contributed by atoms with Crippen LogP contribution < -0.4 is 5.32 Å². The van der Waals surface area contributed by atoms with Crippen LogP contribution in [-0.2, 0) is 17.9 Å². The summed E-state index contributed by atoms with van der Waals surface area (Å²) in [5.74, 6) is -0.640. The van der Waals surface area contributed by atoms with E-state index in [-0.39, 0.29) is 6.54 Å². The first-order valence-corrected chi connectivity index (χ1v) is 7.56. The van der Waals surface area contributed by atoms with E-state index in [0.29, 0.717) is 13.1 Å². The van der Waals surface area contributed by atoms with Gasteiger partial charge in [0.15, 0.2) is 0 Å². The van der Waals surface area contributed by atoms with Crippen molar-refractivity contribution in [2.24, 2.45) is 0 Å². The van der Waals surface area contributed by atoms with Gasteiger partial charge in [-0.15, -0.1) is 0 Å². The van der Waals surface area contributed by atoms with Crippen LogP contribution in [-0.4, -0.2) is 30.1 Å². The van der Waals surface area contributed by atoms with Gasteiger partial charge >= 0.3 is 6.18 Å². The topological polar surface area (TPSA) is 32.3 Å². The zero-order valence-corrected chi connectivity index (χ0v) is 13.1. The van der Waals surface area contributed by atoms with Crippen molar-refractivity contribution in [3.05, 3.63) is 71.8 Å². The molecular formula is C18H19F3N2O. The highest BCUT2D eigenvalue weighted by atomic mass is 19.4. The number of carbonyl (C=O) groups is 1. The number of halogens is 3. The fourth-order valence-electron chi connectivity index (χ4n) is 2.31. The molecule has 2 rings (SSSR count). The Morgan fingerprint density at radius 2 is 1.33 bits per heavy atom. The molecule has 0 radical (unpaired) electrons. The lowest BCUT2D eigenvalue weighted by molar-refractivity contribution is -0.139. The van der Waals surface area contributed by atoms with Crippen molar-refractivity contribution in [2.45, 2.75) is 19.3 Å². The van der Waals surface area contributed by atoms with Gasteiger partial charge in [-0.05, 0) is 11.1 Å².